The first-order valence-corrected chi connectivity index (χ1v) is 7.39. The first-order valence-electron chi connectivity index (χ1n) is 6.58. The molecule has 5 heteroatoms. The van der Waals surface area contributed by atoms with E-state index in [1.807, 2.05) is 25.1 Å². The standard InChI is InChI=1S/C15H19NO3S/c1-4-7-19-12-6-5-11(8-13(12)18-3)15-16-10(2)14(9-17)20-15/h5-6,8,17H,4,7,9H2,1-3H3. The fraction of sp³-hybridized carbons (Fsp3) is 0.400. The number of ether oxygens (including phenoxy) is 2. The summed E-state index contributed by atoms with van der Waals surface area (Å²) < 4.78 is 11.0. The minimum absolute atomic E-state index is 0.0261. The minimum Gasteiger partial charge on any atom is -0.493 e. The first-order chi connectivity index (χ1) is 9.69. The Balaban J connectivity index is 2.32. The molecular formula is C15H19NO3S. The second-order valence-corrected chi connectivity index (χ2v) is 5.48. The van der Waals surface area contributed by atoms with Crippen LogP contribution in [0.4, 0.5) is 0 Å². The quantitative estimate of drug-likeness (QED) is 0.886. The number of aryl methyl sites for hydroxylation is 1. The summed E-state index contributed by atoms with van der Waals surface area (Å²) >= 11 is 1.50. The zero-order valence-corrected chi connectivity index (χ0v) is 12.8. The second-order valence-electron chi connectivity index (χ2n) is 4.40. The van der Waals surface area contributed by atoms with Gasteiger partial charge in [0.2, 0.25) is 0 Å². The molecule has 2 aromatic rings. The summed E-state index contributed by atoms with van der Waals surface area (Å²) in [6.45, 7) is 4.66. The van der Waals surface area contributed by atoms with Crippen molar-refractivity contribution in [3.05, 3.63) is 28.8 Å². The molecule has 0 aliphatic carbocycles. The predicted molar refractivity (Wildman–Crippen MR) is 80.5 cm³/mol. The Labute approximate surface area is 123 Å². The SMILES string of the molecule is CCCOc1ccc(-c2nc(C)c(CO)s2)cc1OC. The Bertz CT molecular complexity index is 580. The van der Waals surface area contributed by atoms with E-state index >= 15 is 0 Å². The van der Waals surface area contributed by atoms with Crippen LogP contribution in [0.15, 0.2) is 18.2 Å². The van der Waals surface area contributed by atoms with Crippen molar-refractivity contribution in [3.63, 3.8) is 0 Å². The van der Waals surface area contributed by atoms with Gasteiger partial charge in [0.05, 0.1) is 30.9 Å². The van der Waals surface area contributed by atoms with E-state index in [4.69, 9.17) is 9.47 Å². The fourth-order valence-corrected chi connectivity index (χ4v) is 2.75. The van der Waals surface area contributed by atoms with Crippen LogP contribution in [0, 0.1) is 6.92 Å². The van der Waals surface area contributed by atoms with Gasteiger partial charge in [-0.2, -0.15) is 0 Å². The molecule has 0 fully saturated rings. The van der Waals surface area contributed by atoms with Crippen LogP contribution in [0.25, 0.3) is 10.6 Å². The van der Waals surface area contributed by atoms with Crippen molar-refractivity contribution in [2.45, 2.75) is 26.9 Å². The molecule has 2 rings (SSSR count). The number of methoxy groups -OCH3 is 1. The average Bonchev–Trinajstić information content (AvgIpc) is 2.86. The van der Waals surface area contributed by atoms with E-state index < -0.39 is 0 Å². The maximum Gasteiger partial charge on any atom is 0.161 e. The Kier molecular flexibility index (Phi) is 4.98. The minimum atomic E-state index is 0.0261. The van der Waals surface area contributed by atoms with E-state index in [0.29, 0.717) is 12.4 Å². The van der Waals surface area contributed by atoms with Gasteiger partial charge in [-0.25, -0.2) is 4.98 Å². The fourth-order valence-electron chi connectivity index (χ4n) is 1.83. The number of aliphatic hydroxyl groups excluding tert-OH is 1. The first kappa shape index (κ1) is 14.8. The van der Waals surface area contributed by atoms with Crippen molar-refractivity contribution >= 4 is 11.3 Å². The molecule has 0 atom stereocenters. The normalized spacial score (nSPS) is 10.6. The zero-order chi connectivity index (χ0) is 14.5. The van der Waals surface area contributed by atoms with Crippen molar-refractivity contribution in [1.82, 2.24) is 4.98 Å². The molecule has 108 valence electrons. The number of rotatable bonds is 6. The van der Waals surface area contributed by atoms with Crippen LogP contribution >= 0.6 is 11.3 Å². The number of aromatic nitrogens is 1. The van der Waals surface area contributed by atoms with Crippen molar-refractivity contribution < 1.29 is 14.6 Å². The molecule has 0 bridgehead atoms. The lowest BCUT2D eigenvalue weighted by molar-refractivity contribution is 0.284. The zero-order valence-electron chi connectivity index (χ0n) is 12.0. The summed E-state index contributed by atoms with van der Waals surface area (Å²) in [7, 11) is 1.63. The van der Waals surface area contributed by atoms with Gasteiger partial charge >= 0.3 is 0 Å². The van der Waals surface area contributed by atoms with Gasteiger partial charge in [0, 0.05) is 5.56 Å². The van der Waals surface area contributed by atoms with Gasteiger partial charge in [-0.05, 0) is 31.5 Å². The Morgan fingerprint density at radius 3 is 2.70 bits per heavy atom. The highest BCUT2D eigenvalue weighted by atomic mass is 32.1. The molecule has 0 saturated heterocycles. The third-order valence-corrected chi connectivity index (χ3v) is 4.10. The number of thiazole rings is 1. The molecule has 0 aliphatic rings. The molecular weight excluding hydrogens is 274 g/mol. The number of benzene rings is 1. The molecule has 1 heterocycles. The Hall–Kier alpha value is -1.59. The van der Waals surface area contributed by atoms with Gasteiger partial charge in [-0.3, -0.25) is 0 Å². The highest BCUT2D eigenvalue weighted by Crippen LogP contribution is 2.35. The second kappa shape index (κ2) is 6.72. The number of nitrogens with zero attached hydrogens (tertiary/aromatic N) is 1. The van der Waals surface area contributed by atoms with Gasteiger partial charge in [0.25, 0.3) is 0 Å². The van der Waals surface area contributed by atoms with E-state index in [0.717, 1.165) is 33.3 Å². The number of hydrogen-bond donors (Lipinski definition) is 1. The van der Waals surface area contributed by atoms with Crippen LogP contribution in [0.1, 0.15) is 23.9 Å². The summed E-state index contributed by atoms with van der Waals surface area (Å²) in [6, 6.07) is 5.79. The van der Waals surface area contributed by atoms with E-state index in [-0.39, 0.29) is 6.61 Å². The molecule has 20 heavy (non-hydrogen) atoms. The summed E-state index contributed by atoms with van der Waals surface area (Å²) in [4.78, 5) is 5.37. The molecule has 0 radical (unpaired) electrons. The maximum atomic E-state index is 9.25. The smallest absolute Gasteiger partial charge is 0.161 e. The molecule has 0 spiro atoms. The lowest BCUT2D eigenvalue weighted by atomic mass is 10.2. The largest absolute Gasteiger partial charge is 0.493 e. The molecule has 0 aliphatic heterocycles. The summed E-state index contributed by atoms with van der Waals surface area (Å²) in [6.07, 6.45) is 0.955. The molecule has 1 aromatic heterocycles. The highest BCUT2D eigenvalue weighted by Gasteiger charge is 2.12. The molecule has 0 saturated carbocycles. The van der Waals surface area contributed by atoms with Crippen LogP contribution < -0.4 is 9.47 Å². The molecule has 0 amide bonds. The van der Waals surface area contributed by atoms with E-state index in [2.05, 4.69) is 11.9 Å². The third-order valence-electron chi connectivity index (χ3n) is 2.91. The molecule has 4 nitrogen and oxygen atoms in total. The van der Waals surface area contributed by atoms with Crippen LogP contribution in [0.2, 0.25) is 0 Å². The van der Waals surface area contributed by atoms with Gasteiger partial charge < -0.3 is 14.6 Å². The van der Waals surface area contributed by atoms with Crippen LogP contribution in [0.3, 0.4) is 0 Å². The van der Waals surface area contributed by atoms with E-state index in [1.54, 1.807) is 7.11 Å². The van der Waals surface area contributed by atoms with Crippen LogP contribution in [0.5, 0.6) is 11.5 Å². The highest BCUT2D eigenvalue weighted by molar-refractivity contribution is 7.15. The molecule has 1 N–H and O–H groups in total. The van der Waals surface area contributed by atoms with Crippen molar-refractivity contribution in [2.75, 3.05) is 13.7 Å². The van der Waals surface area contributed by atoms with Crippen molar-refractivity contribution in [1.29, 1.82) is 0 Å². The third kappa shape index (κ3) is 3.11. The summed E-state index contributed by atoms with van der Waals surface area (Å²) in [5, 5.41) is 10.1. The average molecular weight is 293 g/mol. The van der Waals surface area contributed by atoms with Gasteiger partial charge in [0.15, 0.2) is 11.5 Å². The summed E-state index contributed by atoms with van der Waals surface area (Å²) in [5.41, 5.74) is 1.84. The lowest BCUT2D eigenvalue weighted by Gasteiger charge is -2.10. The maximum absolute atomic E-state index is 9.25. The Morgan fingerprint density at radius 1 is 1.30 bits per heavy atom. The Morgan fingerprint density at radius 2 is 2.10 bits per heavy atom. The van der Waals surface area contributed by atoms with Crippen molar-refractivity contribution in [2.24, 2.45) is 0 Å². The monoisotopic (exact) mass is 293 g/mol. The van der Waals surface area contributed by atoms with Gasteiger partial charge in [0.1, 0.15) is 5.01 Å². The lowest BCUT2D eigenvalue weighted by Crippen LogP contribution is -1.97. The van der Waals surface area contributed by atoms with Gasteiger partial charge in [-0.15, -0.1) is 11.3 Å². The predicted octanol–water partition coefficient (Wildman–Crippen LogP) is 3.41. The number of aliphatic hydroxyl groups is 1. The van der Waals surface area contributed by atoms with E-state index in [1.165, 1.54) is 11.3 Å². The van der Waals surface area contributed by atoms with Gasteiger partial charge in [-0.1, -0.05) is 6.92 Å². The molecule has 1 aromatic carbocycles. The number of hydrogen-bond acceptors (Lipinski definition) is 5. The van der Waals surface area contributed by atoms with Crippen LogP contribution in [-0.4, -0.2) is 23.8 Å². The summed E-state index contributed by atoms with van der Waals surface area (Å²) in [5.74, 6) is 1.45. The topological polar surface area (TPSA) is 51.6 Å². The van der Waals surface area contributed by atoms with Crippen LogP contribution in [-0.2, 0) is 6.61 Å². The molecule has 0 unspecified atom stereocenters. The van der Waals surface area contributed by atoms with Crippen molar-refractivity contribution in [3.8, 4) is 22.1 Å². The van der Waals surface area contributed by atoms with E-state index in [9.17, 15) is 5.11 Å².